The number of carboxylic acid groups (broad SMARTS) is 1. The summed E-state index contributed by atoms with van der Waals surface area (Å²) in [6.45, 7) is 1.97. The SMILES string of the molecule is CCCCC(=O)C(Cc1ccccc1N)C(=O)O. The minimum atomic E-state index is -1.07. The number of hydrogen-bond donors (Lipinski definition) is 2. The molecule has 0 aliphatic carbocycles. The van der Waals surface area contributed by atoms with Crippen LogP contribution in [0.3, 0.4) is 0 Å². The number of aliphatic carboxylic acids is 1. The molecular weight excluding hydrogens is 230 g/mol. The highest BCUT2D eigenvalue weighted by molar-refractivity contribution is 5.98. The molecule has 4 heteroatoms. The summed E-state index contributed by atoms with van der Waals surface area (Å²) in [5.41, 5.74) is 7.02. The second-order valence-corrected chi connectivity index (χ2v) is 4.36. The Morgan fingerprint density at radius 1 is 1.33 bits per heavy atom. The Balaban J connectivity index is 2.78. The number of Topliss-reactive ketones (excluding diaryl/α,β-unsaturated/α-hetero) is 1. The molecule has 1 aromatic rings. The van der Waals surface area contributed by atoms with Gasteiger partial charge in [-0.25, -0.2) is 0 Å². The van der Waals surface area contributed by atoms with Crippen molar-refractivity contribution in [1.29, 1.82) is 0 Å². The summed E-state index contributed by atoms with van der Waals surface area (Å²) < 4.78 is 0. The van der Waals surface area contributed by atoms with Crippen LogP contribution in [-0.4, -0.2) is 16.9 Å². The van der Waals surface area contributed by atoms with Crippen LogP contribution in [0.5, 0.6) is 0 Å². The molecule has 3 N–H and O–H groups in total. The lowest BCUT2D eigenvalue weighted by Gasteiger charge is -2.12. The average molecular weight is 249 g/mol. The number of anilines is 1. The van der Waals surface area contributed by atoms with Crippen LogP contribution in [0.2, 0.25) is 0 Å². The number of para-hydroxylation sites is 1. The summed E-state index contributed by atoms with van der Waals surface area (Å²) in [7, 11) is 0. The normalized spacial score (nSPS) is 12.1. The van der Waals surface area contributed by atoms with E-state index in [2.05, 4.69) is 0 Å². The molecule has 1 aromatic carbocycles. The molecule has 0 bridgehead atoms. The molecule has 0 saturated heterocycles. The van der Waals surface area contributed by atoms with Crippen LogP contribution in [0.4, 0.5) is 5.69 Å². The van der Waals surface area contributed by atoms with Crippen LogP contribution in [0.15, 0.2) is 24.3 Å². The lowest BCUT2D eigenvalue weighted by Crippen LogP contribution is -2.26. The van der Waals surface area contributed by atoms with E-state index in [-0.39, 0.29) is 12.2 Å². The molecule has 0 aromatic heterocycles. The lowest BCUT2D eigenvalue weighted by atomic mass is 9.92. The smallest absolute Gasteiger partial charge is 0.314 e. The summed E-state index contributed by atoms with van der Waals surface area (Å²) >= 11 is 0. The van der Waals surface area contributed by atoms with Crippen LogP contribution in [-0.2, 0) is 16.0 Å². The van der Waals surface area contributed by atoms with Gasteiger partial charge in [0.1, 0.15) is 11.7 Å². The van der Waals surface area contributed by atoms with E-state index in [4.69, 9.17) is 10.8 Å². The third kappa shape index (κ3) is 3.87. The number of carbonyl (C=O) groups excluding carboxylic acids is 1. The molecule has 0 fully saturated rings. The molecule has 1 unspecified atom stereocenters. The van der Waals surface area contributed by atoms with Crippen molar-refractivity contribution >= 4 is 17.4 Å². The minimum absolute atomic E-state index is 0.171. The van der Waals surface area contributed by atoms with Gasteiger partial charge in [-0.05, 0) is 24.5 Å². The number of carbonyl (C=O) groups is 2. The molecule has 0 aliphatic rings. The van der Waals surface area contributed by atoms with Crippen LogP contribution in [0.1, 0.15) is 31.7 Å². The third-order valence-electron chi connectivity index (χ3n) is 2.94. The maximum atomic E-state index is 11.8. The first-order chi connectivity index (χ1) is 8.56. The Kier molecular flexibility index (Phi) is 5.36. The summed E-state index contributed by atoms with van der Waals surface area (Å²) in [5, 5.41) is 9.13. The summed E-state index contributed by atoms with van der Waals surface area (Å²) in [5.74, 6) is -2.27. The van der Waals surface area contributed by atoms with Crippen LogP contribution in [0.25, 0.3) is 0 Å². The van der Waals surface area contributed by atoms with Gasteiger partial charge in [-0.15, -0.1) is 0 Å². The zero-order valence-corrected chi connectivity index (χ0v) is 10.6. The molecule has 98 valence electrons. The highest BCUT2D eigenvalue weighted by atomic mass is 16.4. The Labute approximate surface area is 107 Å². The predicted molar refractivity (Wildman–Crippen MR) is 70.2 cm³/mol. The summed E-state index contributed by atoms with van der Waals surface area (Å²) in [6.07, 6.45) is 2.10. The van der Waals surface area contributed by atoms with Crippen LogP contribution < -0.4 is 5.73 Å². The van der Waals surface area contributed by atoms with Gasteiger partial charge in [0.2, 0.25) is 0 Å². The van der Waals surface area contributed by atoms with E-state index in [0.717, 1.165) is 18.4 Å². The Morgan fingerprint density at radius 2 is 2.00 bits per heavy atom. The van der Waals surface area contributed by atoms with Crippen LogP contribution in [0, 0.1) is 5.92 Å². The number of nitrogens with two attached hydrogens (primary N) is 1. The summed E-state index contributed by atoms with van der Waals surface area (Å²) in [4.78, 5) is 23.0. The van der Waals surface area contributed by atoms with E-state index in [1.165, 1.54) is 0 Å². The monoisotopic (exact) mass is 249 g/mol. The van der Waals surface area contributed by atoms with Gasteiger partial charge in [0.05, 0.1) is 0 Å². The second kappa shape index (κ2) is 6.79. The number of unbranched alkanes of at least 4 members (excludes halogenated alkanes) is 1. The Morgan fingerprint density at radius 3 is 2.56 bits per heavy atom. The Bertz CT molecular complexity index is 429. The van der Waals surface area contributed by atoms with E-state index in [9.17, 15) is 9.59 Å². The summed E-state index contributed by atoms with van der Waals surface area (Å²) in [6, 6.07) is 7.05. The first kappa shape index (κ1) is 14.2. The molecule has 1 atom stereocenters. The quantitative estimate of drug-likeness (QED) is 0.574. The van der Waals surface area contributed by atoms with Gasteiger partial charge < -0.3 is 10.8 Å². The molecule has 0 heterocycles. The fraction of sp³-hybridized carbons (Fsp3) is 0.429. The number of ketones is 1. The molecule has 0 aliphatic heterocycles. The topological polar surface area (TPSA) is 80.4 Å². The Hall–Kier alpha value is -1.84. The maximum absolute atomic E-state index is 11.8. The van der Waals surface area contributed by atoms with Gasteiger partial charge in [-0.2, -0.15) is 0 Å². The van der Waals surface area contributed by atoms with Gasteiger partial charge in [0.25, 0.3) is 0 Å². The lowest BCUT2D eigenvalue weighted by molar-refractivity contribution is -0.146. The highest BCUT2D eigenvalue weighted by Gasteiger charge is 2.26. The van der Waals surface area contributed by atoms with Gasteiger partial charge in [-0.3, -0.25) is 9.59 Å². The standard InChI is InChI=1S/C14H19NO3/c1-2-3-8-13(16)11(14(17)18)9-10-6-4-5-7-12(10)15/h4-7,11H,2-3,8-9,15H2,1H3,(H,17,18). The number of carboxylic acids is 1. The van der Waals surface area contributed by atoms with E-state index in [0.29, 0.717) is 12.1 Å². The number of hydrogen-bond acceptors (Lipinski definition) is 3. The van der Waals surface area contributed by atoms with E-state index >= 15 is 0 Å². The fourth-order valence-electron chi connectivity index (χ4n) is 1.80. The van der Waals surface area contributed by atoms with Crippen molar-refractivity contribution in [2.75, 3.05) is 5.73 Å². The maximum Gasteiger partial charge on any atom is 0.314 e. The van der Waals surface area contributed by atoms with Crippen molar-refractivity contribution < 1.29 is 14.7 Å². The molecular formula is C14H19NO3. The molecule has 0 spiro atoms. The zero-order chi connectivity index (χ0) is 13.5. The fourth-order valence-corrected chi connectivity index (χ4v) is 1.80. The number of rotatable bonds is 7. The number of benzene rings is 1. The largest absolute Gasteiger partial charge is 0.481 e. The third-order valence-corrected chi connectivity index (χ3v) is 2.94. The molecule has 4 nitrogen and oxygen atoms in total. The molecule has 0 saturated carbocycles. The molecule has 18 heavy (non-hydrogen) atoms. The van der Waals surface area contributed by atoms with Crippen molar-refractivity contribution in [2.24, 2.45) is 5.92 Å². The van der Waals surface area contributed by atoms with Crippen molar-refractivity contribution in [1.82, 2.24) is 0 Å². The molecule has 1 rings (SSSR count). The van der Waals surface area contributed by atoms with Gasteiger partial charge in [0, 0.05) is 12.1 Å². The number of nitrogen functional groups attached to an aromatic ring is 1. The second-order valence-electron chi connectivity index (χ2n) is 4.36. The minimum Gasteiger partial charge on any atom is -0.481 e. The van der Waals surface area contributed by atoms with Gasteiger partial charge in [0.15, 0.2) is 0 Å². The van der Waals surface area contributed by atoms with E-state index < -0.39 is 11.9 Å². The molecule has 0 amide bonds. The van der Waals surface area contributed by atoms with Crippen molar-refractivity contribution in [2.45, 2.75) is 32.6 Å². The van der Waals surface area contributed by atoms with Gasteiger partial charge >= 0.3 is 5.97 Å². The predicted octanol–water partition coefficient (Wildman–Crippen LogP) is 2.27. The highest BCUT2D eigenvalue weighted by Crippen LogP contribution is 2.18. The first-order valence-electron chi connectivity index (χ1n) is 6.15. The average Bonchev–Trinajstić information content (AvgIpc) is 2.34. The van der Waals surface area contributed by atoms with E-state index in [1.54, 1.807) is 24.3 Å². The van der Waals surface area contributed by atoms with Crippen LogP contribution >= 0.6 is 0 Å². The van der Waals surface area contributed by atoms with Crippen molar-refractivity contribution in [3.8, 4) is 0 Å². The van der Waals surface area contributed by atoms with E-state index in [1.807, 2.05) is 6.92 Å². The zero-order valence-electron chi connectivity index (χ0n) is 10.6. The van der Waals surface area contributed by atoms with Crippen molar-refractivity contribution in [3.05, 3.63) is 29.8 Å². The first-order valence-corrected chi connectivity index (χ1v) is 6.15. The van der Waals surface area contributed by atoms with Crippen molar-refractivity contribution in [3.63, 3.8) is 0 Å². The van der Waals surface area contributed by atoms with Gasteiger partial charge in [-0.1, -0.05) is 31.5 Å². The molecule has 0 radical (unpaired) electrons.